The molecule has 0 saturated carbocycles. The van der Waals surface area contributed by atoms with Gasteiger partial charge < -0.3 is 19.5 Å². The monoisotopic (exact) mass is 313 g/mol. The maximum atomic E-state index is 11.7. The number of methoxy groups -OCH3 is 1. The van der Waals surface area contributed by atoms with E-state index in [0.29, 0.717) is 29.5 Å². The molecule has 0 spiro atoms. The number of nitrogens with one attached hydrogen (secondary N) is 1. The molecule has 2 rings (SSSR count). The van der Waals surface area contributed by atoms with Crippen LogP contribution in [0.25, 0.3) is 0 Å². The maximum absolute atomic E-state index is 11.7. The fourth-order valence-corrected chi connectivity index (χ4v) is 2.19. The minimum absolute atomic E-state index is 0.359. The normalized spacial score (nSPS) is 17.3. The number of benzene rings is 1. The third-order valence-corrected chi connectivity index (χ3v) is 3.27. The van der Waals surface area contributed by atoms with Crippen molar-refractivity contribution in [3.8, 4) is 5.75 Å². The summed E-state index contributed by atoms with van der Waals surface area (Å²) in [6, 6.07) is 4.83. The van der Waals surface area contributed by atoms with Crippen LogP contribution >= 0.6 is 11.6 Å². The van der Waals surface area contributed by atoms with Crippen LogP contribution in [0, 0.1) is 0 Å². The van der Waals surface area contributed by atoms with Crippen LogP contribution in [0.3, 0.4) is 0 Å². The summed E-state index contributed by atoms with van der Waals surface area (Å²) in [4.78, 5) is 23.3. The van der Waals surface area contributed by atoms with E-state index in [4.69, 9.17) is 25.8 Å². The first-order valence-electron chi connectivity index (χ1n) is 6.52. The van der Waals surface area contributed by atoms with Gasteiger partial charge in [-0.3, -0.25) is 4.79 Å². The first kappa shape index (κ1) is 15.6. The van der Waals surface area contributed by atoms with Gasteiger partial charge in [0.1, 0.15) is 5.75 Å². The third-order valence-electron chi connectivity index (χ3n) is 2.97. The number of anilines is 1. The second-order valence-electron chi connectivity index (χ2n) is 4.51. The molecule has 1 aromatic carbocycles. The van der Waals surface area contributed by atoms with Gasteiger partial charge in [0.25, 0.3) is 5.91 Å². The van der Waals surface area contributed by atoms with E-state index in [1.165, 1.54) is 7.11 Å². The summed E-state index contributed by atoms with van der Waals surface area (Å²) in [5.41, 5.74) is 0.499. The number of rotatable bonds is 5. The largest absolute Gasteiger partial charge is 0.495 e. The Morgan fingerprint density at radius 3 is 2.90 bits per heavy atom. The summed E-state index contributed by atoms with van der Waals surface area (Å²) in [7, 11) is 1.50. The summed E-state index contributed by atoms with van der Waals surface area (Å²) in [5, 5.41) is 2.96. The zero-order valence-corrected chi connectivity index (χ0v) is 12.3. The average Bonchev–Trinajstić information content (AvgIpc) is 2.99. The van der Waals surface area contributed by atoms with Crippen molar-refractivity contribution < 1.29 is 23.8 Å². The quantitative estimate of drug-likeness (QED) is 0.842. The smallest absolute Gasteiger partial charge is 0.335 e. The van der Waals surface area contributed by atoms with Crippen molar-refractivity contribution in [3.05, 3.63) is 23.2 Å². The molecule has 0 bridgehead atoms. The van der Waals surface area contributed by atoms with Crippen LogP contribution in [0.1, 0.15) is 12.8 Å². The van der Waals surface area contributed by atoms with Crippen LogP contribution in [0.4, 0.5) is 5.69 Å². The van der Waals surface area contributed by atoms with Crippen molar-refractivity contribution in [2.24, 2.45) is 0 Å². The summed E-state index contributed by atoms with van der Waals surface area (Å²) in [6.07, 6.45) is 0.915. The van der Waals surface area contributed by atoms with Crippen LogP contribution in [0.5, 0.6) is 5.75 Å². The molecule has 0 aromatic heterocycles. The highest BCUT2D eigenvalue weighted by Gasteiger charge is 2.25. The van der Waals surface area contributed by atoms with Crippen molar-refractivity contribution in [1.29, 1.82) is 0 Å². The number of amides is 1. The molecule has 1 amide bonds. The first-order chi connectivity index (χ1) is 10.1. The topological polar surface area (TPSA) is 73.9 Å². The highest BCUT2D eigenvalue weighted by Crippen LogP contribution is 2.27. The van der Waals surface area contributed by atoms with Gasteiger partial charge in [0, 0.05) is 12.3 Å². The lowest BCUT2D eigenvalue weighted by Gasteiger charge is -2.10. The minimum atomic E-state index is -0.548. The molecule has 1 aliphatic heterocycles. The number of halogens is 1. The van der Waals surface area contributed by atoms with E-state index < -0.39 is 18.0 Å². The predicted octanol–water partition coefficient (Wildman–Crippen LogP) is 2.01. The Labute approximate surface area is 127 Å². The zero-order chi connectivity index (χ0) is 15.2. The summed E-state index contributed by atoms with van der Waals surface area (Å²) in [6.45, 7) is 0.193. The van der Waals surface area contributed by atoms with Gasteiger partial charge in [0.15, 0.2) is 12.7 Å². The van der Waals surface area contributed by atoms with Crippen LogP contribution in [0.2, 0.25) is 5.02 Å². The molecule has 114 valence electrons. The Kier molecular flexibility index (Phi) is 5.41. The van der Waals surface area contributed by atoms with Gasteiger partial charge in [0.05, 0.1) is 12.1 Å². The Bertz CT molecular complexity index is 528. The molecule has 1 atom stereocenters. The second kappa shape index (κ2) is 7.28. The Morgan fingerprint density at radius 1 is 1.48 bits per heavy atom. The highest BCUT2D eigenvalue weighted by molar-refractivity contribution is 6.32. The second-order valence-corrected chi connectivity index (χ2v) is 4.91. The van der Waals surface area contributed by atoms with Gasteiger partial charge in [0.2, 0.25) is 0 Å². The van der Waals surface area contributed by atoms with Gasteiger partial charge in [-0.05, 0) is 31.0 Å². The molecular weight excluding hydrogens is 298 g/mol. The molecule has 7 heteroatoms. The lowest BCUT2D eigenvalue weighted by Crippen LogP contribution is -2.27. The number of carbonyl (C=O) groups is 2. The van der Waals surface area contributed by atoms with Crippen LogP contribution in [-0.2, 0) is 19.1 Å². The lowest BCUT2D eigenvalue weighted by atomic mass is 10.2. The summed E-state index contributed by atoms with van der Waals surface area (Å²) >= 11 is 5.95. The molecule has 1 aliphatic rings. The molecule has 1 fully saturated rings. The average molecular weight is 314 g/mol. The van der Waals surface area contributed by atoms with E-state index in [0.717, 1.165) is 6.42 Å². The van der Waals surface area contributed by atoms with Gasteiger partial charge >= 0.3 is 5.97 Å². The van der Waals surface area contributed by atoms with E-state index in [2.05, 4.69) is 5.32 Å². The molecule has 1 saturated heterocycles. The predicted molar refractivity (Wildman–Crippen MR) is 76.6 cm³/mol. The maximum Gasteiger partial charge on any atom is 0.335 e. The number of esters is 1. The van der Waals surface area contributed by atoms with Crippen molar-refractivity contribution in [1.82, 2.24) is 0 Å². The van der Waals surface area contributed by atoms with Crippen molar-refractivity contribution in [3.63, 3.8) is 0 Å². The van der Waals surface area contributed by atoms with Crippen LogP contribution in [0.15, 0.2) is 18.2 Å². The number of hydrogen-bond donors (Lipinski definition) is 1. The third kappa shape index (κ3) is 4.34. The fourth-order valence-electron chi connectivity index (χ4n) is 1.93. The van der Waals surface area contributed by atoms with Crippen molar-refractivity contribution in [2.75, 3.05) is 25.6 Å². The van der Waals surface area contributed by atoms with Crippen molar-refractivity contribution in [2.45, 2.75) is 18.9 Å². The summed E-state index contributed by atoms with van der Waals surface area (Å²) < 4.78 is 15.1. The fraction of sp³-hybridized carbons (Fsp3) is 0.429. The molecule has 1 heterocycles. The molecular formula is C14H16ClNO5. The standard InChI is InChI=1S/C14H16ClNO5/c1-19-11-5-4-9(7-10(11)15)16-13(17)8-21-14(18)12-3-2-6-20-12/h4-5,7,12H,2-3,6,8H2,1H3,(H,16,17)/t12-/m0/s1. The Morgan fingerprint density at radius 2 is 2.29 bits per heavy atom. The molecule has 0 aliphatic carbocycles. The molecule has 0 unspecified atom stereocenters. The summed E-state index contributed by atoms with van der Waals surface area (Å²) in [5.74, 6) is -0.433. The Hall–Kier alpha value is -1.79. The SMILES string of the molecule is COc1ccc(NC(=O)COC(=O)[C@@H]2CCCO2)cc1Cl. The van der Waals surface area contributed by atoms with Crippen molar-refractivity contribution >= 4 is 29.2 Å². The molecule has 1 N–H and O–H groups in total. The van der Waals surface area contributed by atoms with Gasteiger partial charge in [-0.25, -0.2) is 4.79 Å². The number of hydrogen-bond acceptors (Lipinski definition) is 5. The van der Waals surface area contributed by atoms with Crippen LogP contribution < -0.4 is 10.1 Å². The van der Waals surface area contributed by atoms with Gasteiger partial charge in [-0.2, -0.15) is 0 Å². The first-order valence-corrected chi connectivity index (χ1v) is 6.89. The van der Waals surface area contributed by atoms with E-state index in [-0.39, 0.29) is 6.61 Å². The van der Waals surface area contributed by atoms with E-state index in [1.807, 2.05) is 0 Å². The van der Waals surface area contributed by atoms with E-state index in [9.17, 15) is 9.59 Å². The molecule has 6 nitrogen and oxygen atoms in total. The van der Waals surface area contributed by atoms with Crippen LogP contribution in [-0.4, -0.2) is 38.3 Å². The lowest BCUT2D eigenvalue weighted by molar-refractivity contribution is -0.156. The highest BCUT2D eigenvalue weighted by atomic mass is 35.5. The number of ether oxygens (including phenoxy) is 3. The molecule has 1 aromatic rings. The van der Waals surface area contributed by atoms with Gasteiger partial charge in [-0.1, -0.05) is 11.6 Å². The van der Waals surface area contributed by atoms with E-state index >= 15 is 0 Å². The zero-order valence-electron chi connectivity index (χ0n) is 11.6. The molecule has 0 radical (unpaired) electrons. The van der Waals surface area contributed by atoms with E-state index in [1.54, 1.807) is 18.2 Å². The number of carbonyl (C=O) groups excluding carboxylic acids is 2. The molecule has 21 heavy (non-hydrogen) atoms. The van der Waals surface area contributed by atoms with Gasteiger partial charge in [-0.15, -0.1) is 0 Å². The minimum Gasteiger partial charge on any atom is -0.495 e. The Balaban J connectivity index is 1.81.